The number of carbonyl (C=O) groups is 2. The molecule has 0 radical (unpaired) electrons. The Kier molecular flexibility index (Phi) is 6.35. The molecule has 0 aliphatic rings. The molecule has 0 aromatic heterocycles. The van der Waals surface area contributed by atoms with Crippen LogP contribution in [0.15, 0.2) is 48.5 Å². The van der Waals surface area contributed by atoms with Crippen LogP contribution in [0, 0.1) is 0 Å². The van der Waals surface area contributed by atoms with Crippen LogP contribution in [0.2, 0.25) is 5.02 Å². The van der Waals surface area contributed by atoms with Crippen molar-refractivity contribution in [3.8, 4) is 0 Å². The van der Waals surface area contributed by atoms with E-state index >= 15 is 0 Å². The maximum Gasteiger partial charge on any atom is 0.337 e. The lowest BCUT2D eigenvalue weighted by atomic mass is 10.1. The monoisotopic (exact) mass is 347 g/mol. The van der Waals surface area contributed by atoms with Gasteiger partial charge in [0.05, 0.1) is 12.7 Å². The molecule has 0 saturated carbocycles. The molecule has 0 saturated heterocycles. The number of halogens is 1. The van der Waals surface area contributed by atoms with E-state index in [2.05, 4.69) is 10.1 Å². The second kappa shape index (κ2) is 8.47. The van der Waals surface area contributed by atoms with E-state index in [4.69, 9.17) is 16.3 Å². The highest BCUT2D eigenvalue weighted by Crippen LogP contribution is 2.24. The van der Waals surface area contributed by atoms with Crippen LogP contribution in [0.1, 0.15) is 32.4 Å². The Labute approximate surface area is 145 Å². The number of esters is 1. The molecule has 0 aliphatic heterocycles. The van der Waals surface area contributed by atoms with Crippen molar-refractivity contribution in [1.82, 2.24) is 5.32 Å². The highest BCUT2D eigenvalue weighted by Gasteiger charge is 2.16. The Hall–Kier alpha value is -2.37. The summed E-state index contributed by atoms with van der Waals surface area (Å²) >= 11 is 6.15. The lowest BCUT2D eigenvalue weighted by molar-refractivity contribution is 0.0600. The molecule has 0 aliphatic carbocycles. The van der Waals surface area contributed by atoms with Crippen LogP contribution in [0.25, 0.3) is 0 Å². The van der Waals surface area contributed by atoms with Gasteiger partial charge in [-0.15, -0.1) is 0 Å². The second-order valence-electron chi connectivity index (χ2n) is 5.02. The molecule has 0 fully saturated rings. The van der Waals surface area contributed by atoms with Gasteiger partial charge in [0.25, 0.3) is 5.91 Å². The Balaban J connectivity index is 2.01. The molecule has 0 bridgehead atoms. The largest absolute Gasteiger partial charge is 0.465 e. The van der Waals surface area contributed by atoms with E-state index < -0.39 is 5.97 Å². The third-order valence-electron chi connectivity index (χ3n) is 3.55. The molecular formula is C18H18ClNO4. The van der Waals surface area contributed by atoms with Crippen molar-refractivity contribution < 1.29 is 19.1 Å². The summed E-state index contributed by atoms with van der Waals surface area (Å²) in [6.45, 7) is 0.276. The first kappa shape index (κ1) is 18.0. The number of benzene rings is 2. The first-order chi connectivity index (χ1) is 11.6. The predicted octanol–water partition coefficient (Wildman–Crippen LogP) is 3.24. The van der Waals surface area contributed by atoms with Crippen LogP contribution in [0.5, 0.6) is 0 Å². The van der Waals surface area contributed by atoms with Gasteiger partial charge in [0, 0.05) is 29.8 Å². The molecule has 0 heterocycles. The van der Waals surface area contributed by atoms with Crippen LogP contribution < -0.4 is 5.32 Å². The smallest absolute Gasteiger partial charge is 0.337 e. The summed E-state index contributed by atoms with van der Waals surface area (Å²) in [6.07, 6.45) is -0.350. The van der Waals surface area contributed by atoms with Gasteiger partial charge < -0.3 is 14.8 Å². The lowest BCUT2D eigenvalue weighted by Gasteiger charge is -2.17. The minimum absolute atomic E-state index is 0.263. The number of rotatable bonds is 6. The Morgan fingerprint density at radius 3 is 2.25 bits per heavy atom. The molecule has 24 heavy (non-hydrogen) atoms. The summed E-state index contributed by atoms with van der Waals surface area (Å²) in [7, 11) is 2.87. The first-order valence-electron chi connectivity index (χ1n) is 7.30. The standard InChI is InChI=1S/C18H18ClNO4/c1-23-16(14-5-3-4-6-15(14)19)11-20-17(21)12-7-9-13(10-8-12)18(22)24-2/h3-10,16H,11H2,1-2H3,(H,20,21)/t16-/m1/s1. The normalized spacial score (nSPS) is 11.6. The lowest BCUT2D eigenvalue weighted by Crippen LogP contribution is -2.29. The van der Waals surface area contributed by atoms with Gasteiger partial charge in [-0.05, 0) is 30.3 Å². The predicted molar refractivity (Wildman–Crippen MR) is 91.3 cm³/mol. The number of methoxy groups -OCH3 is 2. The van der Waals surface area contributed by atoms with E-state index in [1.165, 1.54) is 7.11 Å². The summed E-state index contributed by atoms with van der Waals surface area (Å²) in [6, 6.07) is 13.5. The summed E-state index contributed by atoms with van der Waals surface area (Å²) < 4.78 is 10.0. The van der Waals surface area contributed by atoms with Crippen molar-refractivity contribution in [3.63, 3.8) is 0 Å². The van der Waals surface area contributed by atoms with Crippen molar-refractivity contribution in [1.29, 1.82) is 0 Å². The molecule has 6 heteroatoms. The average Bonchev–Trinajstić information content (AvgIpc) is 2.62. The van der Waals surface area contributed by atoms with E-state index in [-0.39, 0.29) is 18.6 Å². The van der Waals surface area contributed by atoms with E-state index in [1.54, 1.807) is 37.4 Å². The van der Waals surface area contributed by atoms with Crippen molar-refractivity contribution in [2.24, 2.45) is 0 Å². The van der Waals surface area contributed by atoms with Gasteiger partial charge in [0.15, 0.2) is 0 Å². The van der Waals surface area contributed by atoms with E-state index in [0.29, 0.717) is 16.1 Å². The van der Waals surface area contributed by atoms with Crippen LogP contribution >= 0.6 is 11.6 Å². The maximum absolute atomic E-state index is 12.2. The molecule has 0 unspecified atom stereocenters. The number of nitrogens with one attached hydrogen (secondary N) is 1. The number of ether oxygens (including phenoxy) is 2. The van der Waals surface area contributed by atoms with Crippen LogP contribution in [0.4, 0.5) is 0 Å². The Morgan fingerprint density at radius 1 is 1.04 bits per heavy atom. The SMILES string of the molecule is COC(=O)c1ccc(C(=O)NC[C@@H](OC)c2ccccc2Cl)cc1. The molecular weight excluding hydrogens is 330 g/mol. The second-order valence-corrected chi connectivity index (χ2v) is 5.43. The number of carbonyl (C=O) groups excluding carboxylic acids is 2. The Bertz CT molecular complexity index is 715. The van der Waals surface area contributed by atoms with Crippen LogP contribution in [-0.4, -0.2) is 32.6 Å². The molecule has 1 amide bonds. The van der Waals surface area contributed by atoms with Crippen molar-refractivity contribution in [2.75, 3.05) is 20.8 Å². The summed E-state index contributed by atoms with van der Waals surface area (Å²) in [4.78, 5) is 23.6. The van der Waals surface area contributed by atoms with Gasteiger partial charge in [-0.2, -0.15) is 0 Å². The fraction of sp³-hybridized carbons (Fsp3) is 0.222. The van der Waals surface area contributed by atoms with Gasteiger partial charge in [-0.3, -0.25) is 4.79 Å². The molecule has 2 rings (SSSR count). The molecule has 126 valence electrons. The third-order valence-corrected chi connectivity index (χ3v) is 3.90. The summed E-state index contributed by atoms with van der Waals surface area (Å²) in [5, 5.41) is 3.38. The maximum atomic E-state index is 12.2. The molecule has 5 nitrogen and oxygen atoms in total. The van der Waals surface area contributed by atoms with Gasteiger partial charge >= 0.3 is 5.97 Å². The zero-order valence-corrected chi connectivity index (χ0v) is 14.2. The van der Waals surface area contributed by atoms with Crippen molar-refractivity contribution in [2.45, 2.75) is 6.10 Å². The first-order valence-corrected chi connectivity index (χ1v) is 7.68. The topological polar surface area (TPSA) is 64.6 Å². The Morgan fingerprint density at radius 2 is 1.67 bits per heavy atom. The van der Waals surface area contributed by atoms with E-state index in [1.807, 2.05) is 18.2 Å². The zero-order chi connectivity index (χ0) is 17.5. The van der Waals surface area contributed by atoms with Gasteiger partial charge in [-0.1, -0.05) is 29.8 Å². The van der Waals surface area contributed by atoms with Crippen molar-refractivity contribution >= 4 is 23.5 Å². The quantitative estimate of drug-likeness (QED) is 0.815. The molecule has 0 spiro atoms. The summed E-state index contributed by atoms with van der Waals surface area (Å²) in [5.41, 5.74) is 1.64. The fourth-order valence-electron chi connectivity index (χ4n) is 2.22. The van der Waals surface area contributed by atoms with Crippen LogP contribution in [-0.2, 0) is 9.47 Å². The number of hydrogen-bond acceptors (Lipinski definition) is 4. The molecule has 1 atom stereocenters. The third kappa shape index (κ3) is 4.34. The number of amides is 1. The van der Waals surface area contributed by atoms with Crippen LogP contribution in [0.3, 0.4) is 0 Å². The highest BCUT2D eigenvalue weighted by atomic mass is 35.5. The van der Waals surface area contributed by atoms with E-state index in [0.717, 1.165) is 5.56 Å². The van der Waals surface area contributed by atoms with Gasteiger partial charge in [0.1, 0.15) is 6.10 Å². The van der Waals surface area contributed by atoms with Crippen molar-refractivity contribution in [3.05, 3.63) is 70.2 Å². The molecule has 2 aromatic carbocycles. The van der Waals surface area contributed by atoms with Gasteiger partial charge in [0.2, 0.25) is 0 Å². The minimum atomic E-state index is -0.444. The minimum Gasteiger partial charge on any atom is -0.465 e. The molecule has 2 aromatic rings. The average molecular weight is 348 g/mol. The van der Waals surface area contributed by atoms with Gasteiger partial charge in [-0.25, -0.2) is 4.79 Å². The summed E-state index contributed by atoms with van der Waals surface area (Å²) in [5.74, 6) is -0.708. The fourth-order valence-corrected chi connectivity index (χ4v) is 2.48. The van der Waals surface area contributed by atoms with E-state index in [9.17, 15) is 9.59 Å². The highest BCUT2D eigenvalue weighted by molar-refractivity contribution is 6.31. The molecule has 1 N–H and O–H groups in total. The zero-order valence-electron chi connectivity index (χ0n) is 13.4. The number of hydrogen-bond donors (Lipinski definition) is 1.